The molecule has 0 aromatic heterocycles. The Morgan fingerprint density at radius 2 is 2.07 bits per heavy atom. The molecule has 3 unspecified atom stereocenters. The van der Waals surface area contributed by atoms with Crippen molar-refractivity contribution in [1.29, 1.82) is 0 Å². The molecule has 0 aliphatic rings. The molecule has 0 aromatic carbocycles. The van der Waals surface area contributed by atoms with E-state index < -0.39 is 5.60 Å². The van der Waals surface area contributed by atoms with Crippen molar-refractivity contribution in [3.63, 3.8) is 0 Å². The minimum Gasteiger partial charge on any atom is -0.389 e. The molecule has 15 heavy (non-hydrogen) atoms. The van der Waals surface area contributed by atoms with E-state index in [1.165, 1.54) is 0 Å². The van der Waals surface area contributed by atoms with Gasteiger partial charge < -0.3 is 10.4 Å². The quantitative estimate of drug-likeness (QED) is 0.608. The first kappa shape index (κ1) is 14.7. The molecule has 0 saturated carbocycles. The van der Waals surface area contributed by atoms with Gasteiger partial charge in [0.2, 0.25) is 0 Å². The van der Waals surface area contributed by atoms with E-state index in [1.807, 2.05) is 13.0 Å². The highest BCUT2D eigenvalue weighted by atomic mass is 16.3. The zero-order chi connectivity index (χ0) is 11.9. The van der Waals surface area contributed by atoms with E-state index >= 15 is 0 Å². The highest BCUT2D eigenvalue weighted by Crippen LogP contribution is 2.13. The summed E-state index contributed by atoms with van der Waals surface area (Å²) in [7, 11) is 0. The van der Waals surface area contributed by atoms with Gasteiger partial charge in [0, 0.05) is 12.6 Å². The zero-order valence-electron chi connectivity index (χ0n) is 10.7. The summed E-state index contributed by atoms with van der Waals surface area (Å²) in [4.78, 5) is 0. The highest BCUT2D eigenvalue weighted by molar-refractivity contribution is 4.81. The molecule has 0 bridgehead atoms. The summed E-state index contributed by atoms with van der Waals surface area (Å²) in [5, 5.41) is 13.4. The van der Waals surface area contributed by atoms with Gasteiger partial charge in [0.15, 0.2) is 0 Å². The normalized spacial score (nSPS) is 19.3. The summed E-state index contributed by atoms with van der Waals surface area (Å²) >= 11 is 0. The first-order chi connectivity index (χ1) is 6.93. The maximum atomic E-state index is 9.99. The van der Waals surface area contributed by atoms with Crippen LogP contribution in [0.3, 0.4) is 0 Å². The Balaban J connectivity index is 3.87. The number of nitrogens with one attached hydrogen (secondary N) is 1. The molecule has 90 valence electrons. The molecule has 0 fully saturated rings. The number of aliphatic hydroxyl groups is 1. The topological polar surface area (TPSA) is 32.3 Å². The number of allylic oxidation sites excluding steroid dienone is 1. The second-order valence-electron chi connectivity index (χ2n) is 4.92. The molecule has 0 saturated heterocycles. The molecule has 3 atom stereocenters. The molecule has 0 heterocycles. The molecule has 2 heteroatoms. The Morgan fingerprint density at radius 3 is 2.53 bits per heavy atom. The van der Waals surface area contributed by atoms with Crippen LogP contribution in [0.2, 0.25) is 0 Å². The van der Waals surface area contributed by atoms with Gasteiger partial charge in [-0.3, -0.25) is 0 Å². The van der Waals surface area contributed by atoms with E-state index in [1.54, 1.807) is 0 Å². The maximum Gasteiger partial charge on any atom is 0.0743 e. The molecule has 0 amide bonds. The highest BCUT2D eigenvalue weighted by Gasteiger charge is 2.20. The molecule has 0 aliphatic carbocycles. The van der Waals surface area contributed by atoms with Crippen molar-refractivity contribution in [3.05, 3.63) is 12.7 Å². The van der Waals surface area contributed by atoms with Gasteiger partial charge in [-0.25, -0.2) is 0 Å². The second kappa shape index (κ2) is 7.02. The van der Waals surface area contributed by atoms with Crippen LogP contribution in [0.5, 0.6) is 0 Å². The minimum absolute atomic E-state index is 0.423. The zero-order valence-corrected chi connectivity index (χ0v) is 10.7. The lowest BCUT2D eigenvalue weighted by Crippen LogP contribution is -2.43. The van der Waals surface area contributed by atoms with Crippen molar-refractivity contribution in [2.45, 2.75) is 58.6 Å². The summed E-state index contributed by atoms with van der Waals surface area (Å²) < 4.78 is 0. The van der Waals surface area contributed by atoms with E-state index in [4.69, 9.17) is 0 Å². The van der Waals surface area contributed by atoms with E-state index in [-0.39, 0.29) is 0 Å². The van der Waals surface area contributed by atoms with Crippen LogP contribution in [0.4, 0.5) is 0 Å². The van der Waals surface area contributed by atoms with Crippen molar-refractivity contribution in [2.24, 2.45) is 5.92 Å². The van der Waals surface area contributed by atoms with Crippen molar-refractivity contribution >= 4 is 0 Å². The lowest BCUT2D eigenvalue weighted by Gasteiger charge is -2.27. The lowest BCUT2D eigenvalue weighted by molar-refractivity contribution is 0.0459. The van der Waals surface area contributed by atoms with Crippen LogP contribution in [-0.2, 0) is 0 Å². The molecule has 0 aromatic rings. The molecular formula is C13H27NO. The lowest BCUT2D eigenvalue weighted by atomic mass is 9.97. The number of rotatable bonds is 8. The predicted octanol–water partition coefficient (Wildman–Crippen LogP) is 2.73. The van der Waals surface area contributed by atoms with Gasteiger partial charge in [0.25, 0.3) is 0 Å². The van der Waals surface area contributed by atoms with Crippen molar-refractivity contribution in [1.82, 2.24) is 5.32 Å². The summed E-state index contributed by atoms with van der Waals surface area (Å²) in [6.07, 6.45) is 4.84. The van der Waals surface area contributed by atoms with Gasteiger partial charge >= 0.3 is 0 Å². The van der Waals surface area contributed by atoms with E-state index in [0.717, 1.165) is 19.3 Å². The molecule has 2 nitrogen and oxygen atoms in total. The van der Waals surface area contributed by atoms with Crippen LogP contribution in [0.25, 0.3) is 0 Å². The monoisotopic (exact) mass is 213 g/mol. The van der Waals surface area contributed by atoms with Gasteiger partial charge in [-0.15, -0.1) is 6.58 Å². The third-order valence-corrected chi connectivity index (χ3v) is 2.99. The maximum absolute atomic E-state index is 9.99. The Morgan fingerprint density at radius 1 is 1.47 bits per heavy atom. The van der Waals surface area contributed by atoms with Gasteiger partial charge in [-0.1, -0.05) is 26.3 Å². The molecule has 0 radical (unpaired) electrons. The first-order valence-corrected chi connectivity index (χ1v) is 5.99. The summed E-state index contributed by atoms with van der Waals surface area (Å²) in [6.45, 7) is 12.8. The van der Waals surface area contributed by atoms with Crippen molar-refractivity contribution in [3.8, 4) is 0 Å². The number of hydrogen-bond acceptors (Lipinski definition) is 2. The number of hydrogen-bond donors (Lipinski definition) is 2. The molecule has 2 N–H and O–H groups in total. The standard InChI is InChI=1S/C13H27NO/c1-6-8-11(3)12(4)14-10-13(5,15)9-7-2/h6,11-12,14-15H,1,7-10H2,2-5H3. The van der Waals surface area contributed by atoms with E-state index in [0.29, 0.717) is 18.5 Å². The Labute approximate surface area is 94.8 Å². The van der Waals surface area contributed by atoms with Crippen molar-refractivity contribution in [2.75, 3.05) is 6.54 Å². The Hall–Kier alpha value is -0.340. The van der Waals surface area contributed by atoms with Crippen LogP contribution in [0, 0.1) is 5.92 Å². The first-order valence-electron chi connectivity index (χ1n) is 5.99. The molecule has 0 rings (SSSR count). The van der Waals surface area contributed by atoms with Gasteiger partial charge in [-0.2, -0.15) is 0 Å². The largest absolute Gasteiger partial charge is 0.389 e. The third-order valence-electron chi connectivity index (χ3n) is 2.99. The fraction of sp³-hybridized carbons (Fsp3) is 0.846. The fourth-order valence-corrected chi connectivity index (χ4v) is 1.68. The summed E-state index contributed by atoms with van der Waals surface area (Å²) in [5.41, 5.74) is -0.573. The smallest absolute Gasteiger partial charge is 0.0743 e. The van der Waals surface area contributed by atoms with Gasteiger partial charge in [-0.05, 0) is 32.6 Å². The SMILES string of the molecule is C=CCC(C)C(C)NCC(C)(O)CCC. The Kier molecular flexibility index (Phi) is 6.86. The van der Waals surface area contributed by atoms with Crippen molar-refractivity contribution < 1.29 is 5.11 Å². The third kappa shape index (κ3) is 6.69. The van der Waals surface area contributed by atoms with E-state index in [9.17, 15) is 5.11 Å². The van der Waals surface area contributed by atoms with Crippen LogP contribution in [0.15, 0.2) is 12.7 Å². The second-order valence-corrected chi connectivity index (χ2v) is 4.92. The summed E-state index contributed by atoms with van der Waals surface area (Å²) in [6, 6.07) is 0.423. The van der Waals surface area contributed by atoms with Gasteiger partial charge in [0.05, 0.1) is 5.60 Å². The average molecular weight is 213 g/mol. The van der Waals surface area contributed by atoms with Crippen LogP contribution in [0.1, 0.15) is 47.0 Å². The average Bonchev–Trinajstić information content (AvgIpc) is 2.14. The molecule has 0 aliphatic heterocycles. The fourth-order valence-electron chi connectivity index (χ4n) is 1.68. The van der Waals surface area contributed by atoms with Gasteiger partial charge in [0.1, 0.15) is 0 Å². The van der Waals surface area contributed by atoms with Crippen LogP contribution < -0.4 is 5.32 Å². The summed E-state index contributed by atoms with van der Waals surface area (Å²) in [5.74, 6) is 0.569. The van der Waals surface area contributed by atoms with Crippen LogP contribution >= 0.6 is 0 Å². The molecule has 0 spiro atoms. The van der Waals surface area contributed by atoms with Crippen LogP contribution in [-0.4, -0.2) is 23.3 Å². The Bertz CT molecular complexity index is 177. The minimum atomic E-state index is -0.573. The van der Waals surface area contributed by atoms with E-state index in [2.05, 4.69) is 32.7 Å². The predicted molar refractivity (Wildman–Crippen MR) is 67.0 cm³/mol. The molecular weight excluding hydrogens is 186 g/mol.